The van der Waals surface area contributed by atoms with Crippen molar-refractivity contribution in [3.63, 3.8) is 0 Å². The first-order valence-electron chi connectivity index (χ1n) is 10.0. The van der Waals surface area contributed by atoms with Gasteiger partial charge in [0, 0.05) is 27.2 Å². The number of hydroxylamine groups is 1. The number of carbonyl (C=O) groups is 2. The molecule has 0 saturated carbocycles. The van der Waals surface area contributed by atoms with Crippen LogP contribution in [-0.4, -0.2) is 81.8 Å². The predicted molar refractivity (Wildman–Crippen MR) is 117 cm³/mol. The third kappa shape index (κ3) is 7.95. The van der Waals surface area contributed by atoms with Crippen LogP contribution in [0.5, 0.6) is 11.5 Å². The fourth-order valence-electron chi connectivity index (χ4n) is 2.62. The third-order valence-corrected chi connectivity index (χ3v) is 6.32. The van der Waals surface area contributed by atoms with Gasteiger partial charge in [0.2, 0.25) is 10.0 Å². The molecule has 0 aliphatic carbocycles. The Kier molecular flexibility index (Phi) is 10.2. The second kappa shape index (κ2) is 12.8. The van der Waals surface area contributed by atoms with E-state index in [2.05, 4.69) is 0 Å². The van der Waals surface area contributed by atoms with Crippen LogP contribution < -0.4 is 10.2 Å². The van der Waals surface area contributed by atoms with E-state index in [1.807, 2.05) is 0 Å². The molecule has 0 atom stereocenters. The molecule has 0 aliphatic heterocycles. The van der Waals surface area contributed by atoms with Gasteiger partial charge < -0.3 is 19.1 Å². The van der Waals surface area contributed by atoms with E-state index < -0.39 is 34.4 Å². The molecule has 0 fully saturated rings. The number of carbonyl (C=O) groups excluding carboxylic acids is 2. The molecule has 0 heterocycles. The number of benzene rings is 2. The molecule has 11 nitrogen and oxygen atoms in total. The van der Waals surface area contributed by atoms with Crippen molar-refractivity contribution in [3.8, 4) is 11.5 Å². The average molecular weight is 500 g/mol. The highest BCUT2D eigenvalue weighted by atomic mass is 32.2. The maximum Gasteiger partial charge on any atom is 0.409 e. The zero-order valence-corrected chi connectivity index (χ0v) is 19.5. The molecule has 0 bridgehead atoms. The highest BCUT2D eigenvalue weighted by Crippen LogP contribution is 2.24. The van der Waals surface area contributed by atoms with Crippen molar-refractivity contribution in [2.75, 3.05) is 47.0 Å². The number of hydrogen-bond donors (Lipinski definition) is 2. The van der Waals surface area contributed by atoms with Gasteiger partial charge >= 0.3 is 6.09 Å². The van der Waals surface area contributed by atoms with Crippen molar-refractivity contribution < 1.29 is 41.8 Å². The van der Waals surface area contributed by atoms with Gasteiger partial charge in [-0.3, -0.25) is 10.0 Å². The summed E-state index contributed by atoms with van der Waals surface area (Å²) in [6.07, 6.45) is -0.691. The van der Waals surface area contributed by atoms with Crippen LogP contribution >= 0.6 is 0 Å². The predicted octanol–water partition coefficient (Wildman–Crippen LogP) is 1.83. The molecule has 2 rings (SSSR count). The monoisotopic (exact) mass is 499 g/mol. The highest BCUT2D eigenvalue weighted by molar-refractivity contribution is 7.89. The number of amides is 2. The van der Waals surface area contributed by atoms with Crippen LogP contribution in [0.15, 0.2) is 53.4 Å². The number of likely N-dealkylation sites (N-methyl/N-ethyl adjacent to an activating group) is 1. The van der Waals surface area contributed by atoms with Gasteiger partial charge in [0.05, 0.1) is 18.0 Å². The summed E-state index contributed by atoms with van der Waals surface area (Å²) in [5.41, 5.74) is 1.39. The van der Waals surface area contributed by atoms with Gasteiger partial charge in [-0.2, -0.15) is 4.31 Å². The lowest BCUT2D eigenvalue weighted by Gasteiger charge is -2.24. The molecule has 2 N–H and O–H groups in total. The van der Waals surface area contributed by atoms with Crippen LogP contribution in [0.1, 0.15) is 0 Å². The van der Waals surface area contributed by atoms with Gasteiger partial charge in [-0.1, -0.05) is 0 Å². The van der Waals surface area contributed by atoms with Crippen molar-refractivity contribution in [2.45, 2.75) is 4.90 Å². The smallest absolute Gasteiger partial charge is 0.409 e. The molecule has 0 aromatic heterocycles. The fourth-order valence-corrected chi connectivity index (χ4v) is 4.01. The maximum atomic E-state index is 13.1. The van der Waals surface area contributed by atoms with Crippen LogP contribution in [-0.2, 0) is 24.3 Å². The van der Waals surface area contributed by atoms with Crippen molar-refractivity contribution in [2.24, 2.45) is 0 Å². The number of halogens is 1. The van der Waals surface area contributed by atoms with Crippen molar-refractivity contribution >= 4 is 22.0 Å². The summed E-state index contributed by atoms with van der Waals surface area (Å²) in [4.78, 5) is 24.7. The Bertz CT molecular complexity index is 1050. The van der Waals surface area contributed by atoms with Crippen LogP contribution in [0, 0.1) is 5.82 Å². The summed E-state index contributed by atoms with van der Waals surface area (Å²) in [5, 5.41) is 8.84. The van der Waals surface area contributed by atoms with Gasteiger partial charge in [0.15, 0.2) is 0 Å². The molecule has 2 aromatic rings. The Labute approximate surface area is 196 Å². The van der Waals surface area contributed by atoms with Crippen LogP contribution in [0.3, 0.4) is 0 Å². The lowest BCUT2D eigenvalue weighted by molar-refractivity contribution is -0.129. The topological polar surface area (TPSA) is 135 Å². The molecule has 0 aliphatic rings. The third-order valence-electron chi connectivity index (χ3n) is 4.46. The summed E-state index contributed by atoms with van der Waals surface area (Å²) in [6.45, 7) is -0.785. The van der Waals surface area contributed by atoms with E-state index in [0.29, 0.717) is 11.5 Å². The minimum atomic E-state index is -4.19. The molecule has 0 radical (unpaired) electrons. The van der Waals surface area contributed by atoms with Gasteiger partial charge in [0.25, 0.3) is 5.91 Å². The Morgan fingerprint density at radius 2 is 1.59 bits per heavy atom. The van der Waals surface area contributed by atoms with E-state index in [4.69, 9.17) is 19.4 Å². The largest absolute Gasteiger partial charge is 0.457 e. The van der Waals surface area contributed by atoms with Gasteiger partial charge in [-0.05, 0) is 48.5 Å². The van der Waals surface area contributed by atoms with Gasteiger partial charge in [-0.15, -0.1) is 0 Å². The van der Waals surface area contributed by atoms with Crippen molar-refractivity contribution in [3.05, 3.63) is 54.3 Å². The van der Waals surface area contributed by atoms with E-state index in [1.165, 1.54) is 68.2 Å². The molecule has 0 unspecified atom stereocenters. The molecule has 186 valence electrons. The molecule has 13 heteroatoms. The minimum absolute atomic E-state index is 0.0287. The first-order valence-corrected chi connectivity index (χ1v) is 11.4. The summed E-state index contributed by atoms with van der Waals surface area (Å²) >= 11 is 0. The first-order chi connectivity index (χ1) is 16.2. The van der Waals surface area contributed by atoms with Crippen LogP contribution in [0.2, 0.25) is 0 Å². The molecule has 0 spiro atoms. The number of hydrogen-bond acceptors (Lipinski definition) is 8. The molecule has 34 heavy (non-hydrogen) atoms. The van der Waals surface area contributed by atoms with Crippen molar-refractivity contribution in [1.82, 2.24) is 14.7 Å². The maximum absolute atomic E-state index is 13.1. The molecule has 2 aromatic carbocycles. The van der Waals surface area contributed by atoms with Crippen molar-refractivity contribution in [1.29, 1.82) is 0 Å². The number of rotatable bonds is 12. The molecule has 2 amide bonds. The number of ether oxygens (including phenoxy) is 3. The quantitative estimate of drug-likeness (QED) is 0.257. The van der Waals surface area contributed by atoms with Crippen LogP contribution in [0.4, 0.5) is 9.18 Å². The highest BCUT2D eigenvalue weighted by Gasteiger charge is 2.27. The zero-order valence-electron chi connectivity index (χ0n) is 18.6. The lowest BCUT2D eigenvalue weighted by atomic mass is 10.3. The summed E-state index contributed by atoms with van der Waals surface area (Å²) in [5.74, 6) is -0.706. The molecular formula is C21H26FN3O8S. The number of nitrogens with zero attached hydrogens (tertiary/aromatic N) is 2. The second-order valence-corrected chi connectivity index (χ2v) is 8.87. The summed E-state index contributed by atoms with van der Waals surface area (Å²) in [7, 11) is -1.32. The SMILES string of the molecule is COCCOC(=O)N(C)CCN(CC(=O)NO)S(=O)(=O)c1ccc(Oc2ccc(F)cc2)cc1. The lowest BCUT2D eigenvalue weighted by Crippen LogP contribution is -2.44. The zero-order chi connectivity index (χ0) is 25.1. The Morgan fingerprint density at radius 1 is 1.00 bits per heavy atom. The minimum Gasteiger partial charge on any atom is -0.457 e. The van der Waals surface area contributed by atoms with E-state index in [9.17, 15) is 22.4 Å². The standard InChI is InChI=1S/C21H26FN3O8S/c1-24(21(27)32-14-13-31-2)11-12-25(15-20(26)23-28)34(29,30)19-9-7-18(8-10-19)33-17-5-3-16(22)4-6-17/h3-10,28H,11-15H2,1-2H3,(H,23,26). The first kappa shape index (κ1) is 27.0. The molecule has 0 saturated heterocycles. The Balaban J connectivity index is 2.11. The summed E-state index contributed by atoms with van der Waals surface area (Å²) < 4.78 is 55.4. The van der Waals surface area contributed by atoms with E-state index in [1.54, 1.807) is 0 Å². The number of methoxy groups -OCH3 is 1. The van der Waals surface area contributed by atoms with E-state index in [0.717, 1.165) is 9.21 Å². The number of nitrogens with one attached hydrogen (secondary N) is 1. The van der Waals surface area contributed by atoms with Crippen LogP contribution in [0.25, 0.3) is 0 Å². The van der Waals surface area contributed by atoms with E-state index in [-0.39, 0.29) is 31.2 Å². The Morgan fingerprint density at radius 3 is 2.15 bits per heavy atom. The number of sulfonamides is 1. The van der Waals surface area contributed by atoms with Gasteiger partial charge in [-0.25, -0.2) is 23.1 Å². The van der Waals surface area contributed by atoms with Gasteiger partial charge in [0.1, 0.15) is 23.9 Å². The average Bonchev–Trinajstić information content (AvgIpc) is 2.83. The normalized spacial score (nSPS) is 11.2. The summed E-state index contributed by atoms with van der Waals surface area (Å²) in [6, 6.07) is 10.7. The van der Waals surface area contributed by atoms with E-state index >= 15 is 0 Å². The Hall–Kier alpha value is -3.26. The molecular weight excluding hydrogens is 473 g/mol. The second-order valence-electron chi connectivity index (χ2n) is 6.93. The fraction of sp³-hybridized carbons (Fsp3) is 0.333.